The highest BCUT2D eigenvalue weighted by molar-refractivity contribution is 6.28. The van der Waals surface area contributed by atoms with E-state index in [1.165, 1.54) is 86.1 Å². The quantitative estimate of drug-likeness (QED) is 0.152. The number of nitrogens with zero attached hydrogens (tertiary/aromatic N) is 2. The summed E-state index contributed by atoms with van der Waals surface area (Å²) < 4.78 is 21.7. The molecule has 5 heteroatoms. The molecular formula is C68H54N2O3. The van der Waals surface area contributed by atoms with Crippen molar-refractivity contribution in [1.29, 1.82) is 0 Å². The van der Waals surface area contributed by atoms with Gasteiger partial charge in [0.2, 0.25) is 0 Å². The van der Waals surface area contributed by atoms with Crippen LogP contribution in [0.2, 0.25) is 0 Å². The summed E-state index contributed by atoms with van der Waals surface area (Å²) in [6, 6.07) is 70.5. The van der Waals surface area contributed by atoms with Crippen LogP contribution in [0.1, 0.15) is 87.2 Å². The third-order valence-electron chi connectivity index (χ3n) is 16.6. The maximum absolute atomic E-state index is 7.29. The first kappa shape index (κ1) is 42.4. The molecule has 0 N–H and O–H groups in total. The molecule has 0 saturated heterocycles. The van der Waals surface area contributed by atoms with Crippen molar-refractivity contribution in [1.82, 2.24) is 0 Å². The predicted octanol–water partition coefficient (Wildman–Crippen LogP) is 20.7. The Hall–Kier alpha value is -8.28. The summed E-state index contributed by atoms with van der Waals surface area (Å²) in [6.07, 6.45) is 12.6. The fourth-order valence-corrected chi connectivity index (χ4v) is 13.2. The first-order valence-corrected chi connectivity index (χ1v) is 26.6. The van der Waals surface area contributed by atoms with E-state index in [1.54, 1.807) is 0 Å². The van der Waals surface area contributed by atoms with Crippen LogP contribution in [0.25, 0.3) is 87.4 Å². The zero-order chi connectivity index (χ0) is 48.0. The van der Waals surface area contributed by atoms with Crippen LogP contribution in [-0.2, 0) is 0 Å². The molecule has 2 saturated carbocycles. The first-order valence-electron chi connectivity index (χ1n) is 26.6. The molecule has 0 unspecified atom stereocenters. The molecule has 2 fully saturated rings. The second-order valence-corrected chi connectivity index (χ2v) is 20.7. The summed E-state index contributed by atoms with van der Waals surface area (Å²) >= 11 is 0. The van der Waals surface area contributed by atoms with Gasteiger partial charge in [0.25, 0.3) is 0 Å². The van der Waals surface area contributed by atoms with Gasteiger partial charge in [-0.2, -0.15) is 0 Å². The lowest BCUT2D eigenvalue weighted by atomic mass is 9.83. The highest BCUT2D eigenvalue weighted by atomic mass is 16.3. The summed E-state index contributed by atoms with van der Waals surface area (Å²) in [5.41, 5.74) is 14.4. The number of hydrogen-bond donors (Lipinski definition) is 0. The van der Waals surface area contributed by atoms with Crippen LogP contribution in [0.3, 0.4) is 0 Å². The zero-order valence-corrected chi connectivity index (χ0v) is 40.8. The molecule has 0 atom stereocenters. The minimum atomic E-state index is 0.514. The number of fused-ring (bicyclic) bond motifs is 13. The molecule has 0 bridgehead atoms. The largest absolute Gasteiger partial charge is 0.455 e. The highest BCUT2D eigenvalue weighted by Gasteiger charge is 2.29. The molecule has 5 nitrogen and oxygen atoms in total. The SMILES string of the molecule is c1ccc(N(c2cc3c(oc4cc(N(c5ccccc5)c5cccc6c5oc5c(C7CCCCC7)cccc56)c5ccccc5c43)c3ccccc23)c2cccc3c2oc2c(C4CCCCC4)cccc23)cc1. The average Bonchev–Trinajstić information content (AvgIpc) is 4.19. The molecule has 0 spiro atoms. The molecule has 13 aromatic rings. The van der Waals surface area contributed by atoms with Crippen LogP contribution in [0, 0.1) is 0 Å². The molecule has 10 aromatic carbocycles. The maximum atomic E-state index is 7.29. The third-order valence-corrected chi connectivity index (χ3v) is 16.6. The van der Waals surface area contributed by atoms with Gasteiger partial charge >= 0.3 is 0 Å². The Labute approximate surface area is 423 Å². The van der Waals surface area contributed by atoms with Gasteiger partial charge in [0, 0.05) is 65.9 Å². The number of para-hydroxylation sites is 6. The lowest BCUT2D eigenvalue weighted by Gasteiger charge is -2.27. The van der Waals surface area contributed by atoms with Gasteiger partial charge in [-0.25, -0.2) is 0 Å². The molecule has 0 radical (unpaired) electrons. The molecule has 0 aliphatic heterocycles. The molecular weight excluding hydrogens is 893 g/mol. The van der Waals surface area contributed by atoms with Gasteiger partial charge in [0.15, 0.2) is 11.2 Å². The van der Waals surface area contributed by atoms with Crippen molar-refractivity contribution in [3.8, 4) is 0 Å². The second-order valence-electron chi connectivity index (χ2n) is 20.7. The van der Waals surface area contributed by atoms with Crippen LogP contribution in [0.5, 0.6) is 0 Å². The van der Waals surface area contributed by atoms with Crippen molar-refractivity contribution in [2.24, 2.45) is 0 Å². The van der Waals surface area contributed by atoms with E-state index < -0.39 is 0 Å². The smallest absolute Gasteiger partial charge is 0.159 e. The van der Waals surface area contributed by atoms with Crippen LogP contribution in [-0.4, -0.2) is 0 Å². The molecule has 0 amide bonds. The summed E-state index contributed by atoms with van der Waals surface area (Å²) in [6.45, 7) is 0. The van der Waals surface area contributed by atoms with Crippen LogP contribution >= 0.6 is 0 Å². The third kappa shape index (κ3) is 6.74. The number of rotatable bonds is 8. The molecule has 354 valence electrons. The molecule has 73 heavy (non-hydrogen) atoms. The average molecular weight is 947 g/mol. The van der Waals surface area contributed by atoms with Gasteiger partial charge in [0.1, 0.15) is 22.3 Å². The Bertz CT molecular complexity index is 4250. The van der Waals surface area contributed by atoms with Crippen LogP contribution in [0.4, 0.5) is 34.1 Å². The standard InChI is InChI=1S/C68H54N2O3/c1-5-21-43(22-6-1)47-33-17-35-53-55-37-19-39-58(67(55)72-64(47)53)69(45-25-9-3-10-26-45)60-41-57-63-51-31-15-13-29-49(51)61(42-62(63)71-66(57)52-32-16-14-30-50(52)60)70(46-27-11-4-12-28-46)59-40-20-38-56-54-36-18-34-48(65(54)73-68(56)59)44-23-7-2-8-24-44/h3-4,9-20,25-44H,1-2,5-8,21-24H2. The van der Waals surface area contributed by atoms with Gasteiger partial charge in [0.05, 0.1) is 22.7 Å². The summed E-state index contributed by atoms with van der Waals surface area (Å²) in [5.74, 6) is 1.03. The number of benzene rings is 10. The topological polar surface area (TPSA) is 45.9 Å². The first-order chi connectivity index (χ1) is 36.2. The van der Waals surface area contributed by atoms with Crippen molar-refractivity contribution in [3.05, 3.63) is 205 Å². The summed E-state index contributed by atoms with van der Waals surface area (Å²) in [5, 5.41) is 11.1. The summed E-state index contributed by atoms with van der Waals surface area (Å²) in [4.78, 5) is 4.79. The Morgan fingerprint density at radius 1 is 0.288 bits per heavy atom. The lowest BCUT2D eigenvalue weighted by Crippen LogP contribution is -2.11. The summed E-state index contributed by atoms with van der Waals surface area (Å²) in [7, 11) is 0. The Balaban J connectivity index is 0.969. The van der Waals surface area contributed by atoms with Crippen molar-refractivity contribution in [2.45, 2.75) is 76.0 Å². The van der Waals surface area contributed by atoms with Crippen LogP contribution in [0.15, 0.2) is 207 Å². The fraction of sp³-hybridized carbons (Fsp3) is 0.176. The van der Waals surface area contributed by atoms with E-state index >= 15 is 0 Å². The van der Waals surface area contributed by atoms with Crippen molar-refractivity contribution in [3.63, 3.8) is 0 Å². The Morgan fingerprint density at radius 3 is 1.21 bits per heavy atom. The Morgan fingerprint density at radius 2 is 0.685 bits per heavy atom. The zero-order valence-electron chi connectivity index (χ0n) is 40.8. The van der Waals surface area contributed by atoms with E-state index in [1.807, 2.05) is 0 Å². The van der Waals surface area contributed by atoms with E-state index in [9.17, 15) is 0 Å². The second kappa shape index (κ2) is 17.2. The molecule has 2 aliphatic carbocycles. The molecule has 2 aliphatic rings. The monoisotopic (exact) mass is 946 g/mol. The van der Waals surface area contributed by atoms with E-state index in [0.717, 1.165) is 111 Å². The number of anilines is 6. The van der Waals surface area contributed by atoms with Crippen molar-refractivity contribution >= 4 is 121 Å². The van der Waals surface area contributed by atoms with Crippen molar-refractivity contribution in [2.75, 3.05) is 9.80 Å². The fourth-order valence-electron chi connectivity index (χ4n) is 13.2. The molecule has 15 rings (SSSR count). The van der Waals surface area contributed by atoms with Gasteiger partial charge in [-0.15, -0.1) is 0 Å². The molecule has 3 aromatic heterocycles. The Kier molecular flexibility index (Phi) is 9.99. The van der Waals surface area contributed by atoms with Crippen LogP contribution < -0.4 is 9.80 Å². The van der Waals surface area contributed by atoms with E-state index in [0.29, 0.717) is 11.8 Å². The van der Waals surface area contributed by atoms with Gasteiger partial charge < -0.3 is 23.1 Å². The van der Waals surface area contributed by atoms with Gasteiger partial charge in [-0.3, -0.25) is 0 Å². The maximum Gasteiger partial charge on any atom is 0.159 e. The van der Waals surface area contributed by atoms with Crippen molar-refractivity contribution < 1.29 is 13.3 Å². The molecule has 3 heterocycles. The van der Waals surface area contributed by atoms with E-state index in [2.05, 4.69) is 204 Å². The van der Waals surface area contributed by atoms with E-state index in [-0.39, 0.29) is 0 Å². The van der Waals surface area contributed by atoms with Gasteiger partial charge in [-0.1, -0.05) is 184 Å². The minimum Gasteiger partial charge on any atom is -0.455 e. The predicted molar refractivity (Wildman–Crippen MR) is 304 cm³/mol. The van der Waals surface area contributed by atoms with Gasteiger partial charge in [-0.05, 0) is 96.5 Å². The van der Waals surface area contributed by atoms with E-state index in [4.69, 9.17) is 13.3 Å². The normalized spacial score (nSPS) is 15.0. The number of furan rings is 3. The minimum absolute atomic E-state index is 0.514. The lowest BCUT2D eigenvalue weighted by molar-refractivity contribution is 0.442. The number of hydrogen-bond acceptors (Lipinski definition) is 5. The highest BCUT2D eigenvalue weighted by Crippen LogP contribution is 2.52.